The average molecular weight is 263 g/mol. The number of methoxy groups -OCH3 is 1. The largest absolute Gasteiger partial charge is 0.497 e. The summed E-state index contributed by atoms with van der Waals surface area (Å²) in [5.41, 5.74) is 7.00. The van der Waals surface area contributed by atoms with Crippen LogP contribution in [0.3, 0.4) is 0 Å². The van der Waals surface area contributed by atoms with E-state index in [9.17, 15) is 4.79 Å². The summed E-state index contributed by atoms with van der Waals surface area (Å²) in [7, 11) is 3.48. The third kappa shape index (κ3) is 3.05. The molecular weight excluding hydrogens is 242 g/mol. The molecule has 0 aromatic heterocycles. The lowest BCUT2D eigenvalue weighted by Crippen LogP contribution is -2.50. The van der Waals surface area contributed by atoms with Gasteiger partial charge in [-0.25, -0.2) is 0 Å². The molecular formula is C14H21N3O2. The number of benzene rings is 1. The molecule has 1 aliphatic heterocycles. The summed E-state index contributed by atoms with van der Waals surface area (Å²) in [4.78, 5) is 15.7. The maximum atomic E-state index is 11.8. The van der Waals surface area contributed by atoms with Gasteiger partial charge in [-0.2, -0.15) is 0 Å². The van der Waals surface area contributed by atoms with Gasteiger partial charge in [0, 0.05) is 32.7 Å². The van der Waals surface area contributed by atoms with Gasteiger partial charge in [-0.3, -0.25) is 9.69 Å². The fourth-order valence-corrected chi connectivity index (χ4v) is 2.39. The minimum Gasteiger partial charge on any atom is -0.497 e. The van der Waals surface area contributed by atoms with Gasteiger partial charge in [-0.15, -0.1) is 0 Å². The van der Waals surface area contributed by atoms with E-state index >= 15 is 0 Å². The van der Waals surface area contributed by atoms with Crippen molar-refractivity contribution >= 4 is 5.91 Å². The van der Waals surface area contributed by atoms with Crippen molar-refractivity contribution < 1.29 is 9.53 Å². The van der Waals surface area contributed by atoms with E-state index in [1.165, 1.54) is 0 Å². The van der Waals surface area contributed by atoms with Crippen LogP contribution in [0.2, 0.25) is 0 Å². The smallest absolute Gasteiger partial charge is 0.236 e. The molecule has 1 aliphatic rings. The fourth-order valence-electron chi connectivity index (χ4n) is 2.39. The normalized spacial score (nSPS) is 18.5. The number of carbonyl (C=O) groups excluding carboxylic acids is 1. The second-order valence-corrected chi connectivity index (χ2v) is 4.81. The molecule has 1 heterocycles. The second kappa shape index (κ2) is 6.04. The summed E-state index contributed by atoms with van der Waals surface area (Å²) in [6.45, 7) is 2.51. The Bertz CT molecular complexity index is 450. The van der Waals surface area contributed by atoms with Crippen LogP contribution in [0.1, 0.15) is 11.6 Å². The van der Waals surface area contributed by atoms with Crippen molar-refractivity contribution in [1.29, 1.82) is 0 Å². The van der Waals surface area contributed by atoms with E-state index in [1.807, 2.05) is 31.3 Å². The molecule has 0 aliphatic carbocycles. The molecule has 1 amide bonds. The van der Waals surface area contributed by atoms with Gasteiger partial charge in [-0.05, 0) is 17.7 Å². The number of piperazine rings is 1. The van der Waals surface area contributed by atoms with Crippen LogP contribution < -0.4 is 10.5 Å². The van der Waals surface area contributed by atoms with Crippen LogP contribution in [0, 0.1) is 0 Å². The highest BCUT2D eigenvalue weighted by atomic mass is 16.5. The number of amides is 1. The molecule has 1 saturated heterocycles. The van der Waals surface area contributed by atoms with Crippen molar-refractivity contribution in [1.82, 2.24) is 9.80 Å². The second-order valence-electron chi connectivity index (χ2n) is 4.81. The molecule has 1 atom stereocenters. The predicted octanol–water partition coefficient (Wildman–Crippen LogP) is 0.469. The Morgan fingerprint density at radius 2 is 2.21 bits per heavy atom. The number of likely N-dealkylation sites (N-methyl/N-ethyl adjacent to an activating group) is 1. The first-order valence-electron chi connectivity index (χ1n) is 6.47. The number of hydrogen-bond donors (Lipinski definition) is 1. The molecule has 1 aromatic rings. The maximum absolute atomic E-state index is 11.8. The number of ether oxygens (including phenoxy) is 1. The summed E-state index contributed by atoms with van der Waals surface area (Å²) >= 11 is 0. The van der Waals surface area contributed by atoms with Crippen LogP contribution in [0.25, 0.3) is 0 Å². The molecule has 5 heteroatoms. The number of nitrogens with zero attached hydrogens (tertiary/aromatic N) is 2. The Hall–Kier alpha value is -1.59. The highest BCUT2D eigenvalue weighted by molar-refractivity contribution is 5.78. The van der Waals surface area contributed by atoms with E-state index in [0.29, 0.717) is 13.1 Å². The molecule has 0 saturated carbocycles. The van der Waals surface area contributed by atoms with Gasteiger partial charge in [0.05, 0.1) is 13.7 Å². The van der Waals surface area contributed by atoms with Gasteiger partial charge in [-0.1, -0.05) is 12.1 Å². The van der Waals surface area contributed by atoms with Gasteiger partial charge >= 0.3 is 0 Å². The lowest BCUT2D eigenvalue weighted by molar-refractivity contribution is -0.135. The third-order valence-electron chi connectivity index (χ3n) is 3.63. The first-order chi connectivity index (χ1) is 9.15. The summed E-state index contributed by atoms with van der Waals surface area (Å²) < 4.78 is 5.24. The zero-order valence-electron chi connectivity index (χ0n) is 11.5. The number of nitrogens with two attached hydrogens (primary N) is 1. The lowest BCUT2D eigenvalue weighted by atomic mass is 10.0. The van der Waals surface area contributed by atoms with Crippen LogP contribution in [0.4, 0.5) is 0 Å². The Labute approximate surface area is 113 Å². The average Bonchev–Trinajstić information content (AvgIpc) is 2.44. The summed E-state index contributed by atoms with van der Waals surface area (Å²) in [6.07, 6.45) is 0. The molecule has 1 unspecified atom stereocenters. The molecule has 1 aromatic carbocycles. The molecule has 0 spiro atoms. The van der Waals surface area contributed by atoms with Crippen LogP contribution in [0.15, 0.2) is 24.3 Å². The van der Waals surface area contributed by atoms with Gasteiger partial charge in [0.2, 0.25) is 5.91 Å². The van der Waals surface area contributed by atoms with Crippen LogP contribution >= 0.6 is 0 Å². The fraction of sp³-hybridized carbons (Fsp3) is 0.500. The highest BCUT2D eigenvalue weighted by Gasteiger charge is 2.27. The SMILES string of the molecule is COc1cccc(C(CN)N2CCN(C)C(=O)C2)c1. The zero-order valence-corrected chi connectivity index (χ0v) is 11.5. The van der Waals surface area contributed by atoms with Crippen molar-refractivity contribution in [2.24, 2.45) is 5.73 Å². The molecule has 2 rings (SSSR count). The Morgan fingerprint density at radius 3 is 2.84 bits per heavy atom. The first kappa shape index (κ1) is 13.8. The highest BCUT2D eigenvalue weighted by Crippen LogP contribution is 2.24. The maximum Gasteiger partial charge on any atom is 0.236 e. The van der Waals surface area contributed by atoms with Crippen molar-refractivity contribution in [3.63, 3.8) is 0 Å². The van der Waals surface area contributed by atoms with Gasteiger partial charge in [0.25, 0.3) is 0 Å². The standard InChI is InChI=1S/C14H21N3O2/c1-16-6-7-17(10-14(16)18)13(9-15)11-4-3-5-12(8-11)19-2/h3-5,8,13H,6-7,9-10,15H2,1-2H3. The molecule has 0 bridgehead atoms. The van der Waals surface area contributed by atoms with E-state index < -0.39 is 0 Å². The van der Waals surface area contributed by atoms with Crippen LogP contribution in [0.5, 0.6) is 5.75 Å². The molecule has 19 heavy (non-hydrogen) atoms. The van der Waals surface area contributed by atoms with Gasteiger partial charge in [0.15, 0.2) is 0 Å². The molecule has 2 N–H and O–H groups in total. The van der Waals surface area contributed by atoms with E-state index in [2.05, 4.69) is 4.90 Å². The first-order valence-corrected chi connectivity index (χ1v) is 6.47. The zero-order chi connectivity index (χ0) is 13.8. The van der Waals surface area contributed by atoms with Crippen LogP contribution in [-0.4, -0.2) is 56.0 Å². The van der Waals surface area contributed by atoms with E-state index in [4.69, 9.17) is 10.5 Å². The summed E-state index contributed by atoms with van der Waals surface area (Å²) in [5, 5.41) is 0. The Kier molecular flexibility index (Phi) is 4.39. The third-order valence-corrected chi connectivity index (χ3v) is 3.63. The van der Waals surface area contributed by atoms with Crippen LogP contribution in [-0.2, 0) is 4.79 Å². The molecule has 104 valence electrons. The van der Waals surface area contributed by atoms with Crippen molar-refractivity contribution in [2.45, 2.75) is 6.04 Å². The number of hydrogen-bond acceptors (Lipinski definition) is 4. The van der Waals surface area contributed by atoms with Gasteiger partial charge < -0.3 is 15.4 Å². The minimum atomic E-state index is 0.0627. The van der Waals surface area contributed by atoms with Crippen molar-refractivity contribution in [2.75, 3.05) is 40.3 Å². The summed E-state index contributed by atoms with van der Waals surface area (Å²) in [6, 6.07) is 7.94. The lowest BCUT2D eigenvalue weighted by Gasteiger charge is -2.37. The van der Waals surface area contributed by atoms with Gasteiger partial charge in [0.1, 0.15) is 5.75 Å². The number of carbonyl (C=O) groups is 1. The Morgan fingerprint density at radius 1 is 1.42 bits per heavy atom. The molecule has 5 nitrogen and oxygen atoms in total. The quantitative estimate of drug-likeness (QED) is 0.858. The molecule has 1 fully saturated rings. The van der Waals surface area contributed by atoms with Crippen molar-refractivity contribution in [3.05, 3.63) is 29.8 Å². The van der Waals surface area contributed by atoms with E-state index in [0.717, 1.165) is 24.4 Å². The molecule has 0 radical (unpaired) electrons. The van der Waals surface area contributed by atoms with E-state index in [1.54, 1.807) is 12.0 Å². The van der Waals surface area contributed by atoms with Crippen molar-refractivity contribution in [3.8, 4) is 5.75 Å². The number of rotatable bonds is 4. The predicted molar refractivity (Wildman–Crippen MR) is 74.0 cm³/mol. The van der Waals surface area contributed by atoms with E-state index in [-0.39, 0.29) is 11.9 Å². The minimum absolute atomic E-state index is 0.0627. The topological polar surface area (TPSA) is 58.8 Å². The summed E-state index contributed by atoms with van der Waals surface area (Å²) in [5.74, 6) is 0.962. The Balaban J connectivity index is 2.17. The monoisotopic (exact) mass is 263 g/mol.